The van der Waals surface area contributed by atoms with Crippen molar-refractivity contribution in [3.8, 4) is 0 Å². The van der Waals surface area contributed by atoms with Gasteiger partial charge in [0, 0.05) is 29.6 Å². The van der Waals surface area contributed by atoms with Crippen LogP contribution in [0.3, 0.4) is 0 Å². The first-order valence-electron chi connectivity index (χ1n) is 9.12. The third-order valence-corrected chi connectivity index (χ3v) is 7.30. The van der Waals surface area contributed by atoms with E-state index >= 15 is 0 Å². The van der Waals surface area contributed by atoms with Gasteiger partial charge in [-0.05, 0) is 44.0 Å². The minimum absolute atomic E-state index is 0.237. The molecule has 1 heterocycles. The Morgan fingerprint density at radius 3 is 2.41 bits per heavy atom. The van der Waals surface area contributed by atoms with Crippen LogP contribution in [0.25, 0.3) is 0 Å². The SMILES string of the molecule is Cc1ccc(S(=O)(=O)N2CCC(C(=O)N/N=C/c3ccc(Cl)cc3Cl)CC2)cc1. The number of carbonyl (C=O) groups is 1. The minimum atomic E-state index is -3.54. The highest BCUT2D eigenvalue weighted by Gasteiger charge is 2.32. The van der Waals surface area contributed by atoms with Gasteiger partial charge in [-0.3, -0.25) is 4.79 Å². The van der Waals surface area contributed by atoms with E-state index in [0.717, 1.165) is 5.56 Å². The number of benzene rings is 2. The van der Waals surface area contributed by atoms with Crippen molar-refractivity contribution >= 4 is 45.3 Å². The van der Waals surface area contributed by atoms with Crippen molar-refractivity contribution in [3.05, 3.63) is 63.6 Å². The van der Waals surface area contributed by atoms with E-state index in [0.29, 0.717) is 41.5 Å². The summed E-state index contributed by atoms with van der Waals surface area (Å²) in [5, 5.41) is 4.90. The van der Waals surface area contributed by atoms with Crippen molar-refractivity contribution in [1.82, 2.24) is 9.73 Å². The molecule has 0 saturated carbocycles. The van der Waals surface area contributed by atoms with E-state index in [2.05, 4.69) is 10.5 Å². The molecule has 2 aromatic rings. The highest BCUT2D eigenvalue weighted by atomic mass is 35.5. The van der Waals surface area contributed by atoms with Crippen molar-refractivity contribution < 1.29 is 13.2 Å². The van der Waals surface area contributed by atoms with Gasteiger partial charge in [-0.1, -0.05) is 47.0 Å². The Labute approximate surface area is 180 Å². The largest absolute Gasteiger partial charge is 0.273 e. The third-order valence-electron chi connectivity index (χ3n) is 4.82. The lowest BCUT2D eigenvalue weighted by molar-refractivity contribution is -0.126. The predicted octanol–water partition coefficient (Wildman–Crippen LogP) is 3.85. The molecule has 1 fully saturated rings. The van der Waals surface area contributed by atoms with Gasteiger partial charge in [0.1, 0.15) is 0 Å². The van der Waals surface area contributed by atoms with Crippen molar-refractivity contribution in [3.63, 3.8) is 0 Å². The number of rotatable bonds is 5. The first kappa shape index (κ1) is 21.8. The molecular weight excluding hydrogens is 433 g/mol. The number of hydrogen-bond acceptors (Lipinski definition) is 4. The first-order valence-corrected chi connectivity index (χ1v) is 11.3. The van der Waals surface area contributed by atoms with Gasteiger partial charge >= 0.3 is 0 Å². The van der Waals surface area contributed by atoms with Crippen LogP contribution in [0, 0.1) is 12.8 Å². The number of nitrogens with one attached hydrogen (secondary N) is 1. The van der Waals surface area contributed by atoms with Crippen LogP contribution in [-0.2, 0) is 14.8 Å². The summed E-state index contributed by atoms with van der Waals surface area (Å²) in [7, 11) is -3.54. The normalized spacial score (nSPS) is 16.2. The Kier molecular flexibility index (Phi) is 6.95. The van der Waals surface area contributed by atoms with Gasteiger partial charge in [0.2, 0.25) is 15.9 Å². The summed E-state index contributed by atoms with van der Waals surface area (Å²) in [4.78, 5) is 12.6. The van der Waals surface area contributed by atoms with Crippen molar-refractivity contribution in [2.24, 2.45) is 11.0 Å². The molecule has 2 aromatic carbocycles. The van der Waals surface area contributed by atoms with E-state index in [1.165, 1.54) is 10.5 Å². The number of sulfonamides is 1. The number of hydrogen-bond donors (Lipinski definition) is 1. The number of piperidine rings is 1. The zero-order valence-corrected chi connectivity index (χ0v) is 18.1. The molecule has 0 atom stereocenters. The number of aryl methyl sites for hydroxylation is 1. The summed E-state index contributed by atoms with van der Waals surface area (Å²) in [6.07, 6.45) is 2.33. The molecule has 0 aromatic heterocycles. The summed E-state index contributed by atoms with van der Waals surface area (Å²) in [6.45, 7) is 2.49. The Bertz CT molecular complexity index is 1020. The van der Waals surface area contributed by atoms with E-state index in [4.69, 9.17) is 23.2 Å². The molecule has 0 aliphatic carbocycles. The molecule has 29 heavy (non-hydrogen) atoms. The Morgan fingerprint density at radius 2 is 1.79 bits per heavy atom. The van der Waals surface area contributed by atoms with Crippen molar-refractivity contribution in [2.45, 2.75) is 24.7 Å². The van der Waals surface area contributed by atoms with Crippen LogP contribution >= 0.6 is 23.2 Å². The summed E-state index contributed by atoms with van der Waals surface area (Å²) >= 11 is 11.9. The smallest absolute Gasteiger partial charge is 0.243 e. The average molecular weight is 454 g/mol. The van der Waals surface area contributed by atoms with Gasteiger partial charge < -0.3 is 0 Å². The standard InChI is InChI=1S/C20H21Cl2N3O3S/c1-14-2-6-18(7-3-14)29(27,28)25-10-8-15(9-11-25)20(26)24-23-13-16-4-5-17(21)12-19(16)22/h2-7,12-13,15H,8-11H2,1H3,(H,24,26)/b23-13+. The van der Waals surface area contributed by atoms with E-state index in [1.807, 2.05) is 6.92 Å². The lowest BCUT2D eigenvalue weighted by Gasteiger charge is -2.30. The molecule has 1 N–H and O–H groups in total. The second-order valence-electron chi connectivity index (χ2n) is 6.89. The topological polar surface area (TPSA) is 78.8 Å². The minimum Gasteiger partial charge on any atom is -0.273 e. The molecule has 1 saturated heterocycles. The molecule has 6 nitrogen and oxygen atoms in total. The Morgan fingerprint density at radius 1 is 1.14 bits per heavy atom. The van der Waals surface area contributed by atoms with Gasteiger partial charge in [-0.2, -0.15) is 9.41 Å². The lowest BCUT2D eigenvalue weighted by Crippen LogP contribution is -2.42. The van der Waals surface area contributed by atoms with Gasteiger partial charge in [-0.25, -0.2) is 13.8 Å². The fourth-order valence-electron chi connectivity index (χ4n) is 3.08. The van der Waals surface area contributed by atoms with E-state index in [9.17, 15) is 13.2 Å². The molecule has 1 aliphatic rings. The fourth-order valence-corrected chi connectivity index (χ4v) is 5.01. The maximum absolute atomic E-state index is 12.7. The van der Waals surface area contributed by atoms with Crippen LogP contribution in [0.1, 0.15) is 24.0 Å². The molecule has 1 amide bonds. The number of amides is 1. The summed E-state index contributed by atoms with van der Waals surface area (Å²) in [6, 6.07) is 11.8. The van der Waals surface area contributed by atoms with Crippen LogP contribution in [0.5, 0.6) is 0 Å². The molecule has 0 unspecified atom stereocenters. The van der Waals surface area contributed by atoms with Crippen LogP contribution in [-0.4, -0.2) is 37.9 Å². The van der Waals surface area contributed by atoms with Crippen LogP contribution in [0.2, 0.25) is 10.0 Å². The van der Waals surface area contributed by atoms with Crippen molar-refractivity contribution in [1.29, 1.82) is 0 Å². The molecular formula is C20H21Cl2N3O3S. The van der Waals surface area contributed by atoms with E-state index in [-0.39, 0.29) is 16.7 Å². The van der Waals surface area contributed by atoms with Gasteiger partial charge in [0.05, 0.1) is 16.1 Å². The van der Waals surface area contributed by atoms with E-state index in [1.54, 1.807) is 42.5 Å². The second kappa shape index (κ2) is 9.26. The molecule has 0 radical (unpaired) electrons. The summed E-state index contributed by atoms with van der Waals surface area (Å²) in [5.74, 6) is -0.531. The van der Waals surface area contributed by atoms with Crippen LogP contribution in [0.15, 0.2) is 52.5 Å². The van der Waals surface area contributed by atoms with Crippen LogP contribution in [0.4, 0.5) is 0 Å². The lowest BCUT2D eigenvalue weighted by atomic mass is 9.98. The van der Waals surface area contributed by atoms with Crippen molar-refractivity contribution in [2.75, 3.05) is 13.1 Å². The zero-order chi connectivity index (χ0) is 21.0. The molecule has 0 spiro atoms. The Hall–Kier alpha value is -1.93. The molecule has 0 bridgehead atoms. The average Bonchev–Trinajstić information content (AvgIpc) is 2.70. The predicted molar refractivity (Wildman–Crippen MR) is 115 cm³/mol. The first-order chi connectivity index (χ1) is 13.8. The summed E-state index contributed by atoms with van der Waals surface area (Å²) in [5.41, 5.74) is 4.14. The Balaban J connectivity index is 1.55. The molecule has 9 heteroatoms. The number of hydrazone groups is 1. The highest BCUT2D eigenvalue weighted by Crippen LogP contribution is 2.24. The maximum Gasteiger partial charge on any atom is 0.243 e. The zero-order valence-electron chi connectivity index (χ0n) is 15.8. The number of nitrogens with zero attached hydrogens (tertiary/aromatic N) is 2. The molecule has 1 aliphatic heterocycles. The van der Waals surface area contributed by atoms with E-state index < -0.39 is 10.0 Å². The number of carbonyl (C=O) groups excluding carboxylic acids is 1. The van der Waals surface area contributed by atoms with Gasteiger partial charge in [0.25, 0.3) is 0 Å². The third kappa shape index (κ3) is 5.36. The van der Waals surface area contributed by atoms with Crippen LogP contribution < -0.4 is 5.43 Å². The quantitative estimate of drug-likeness (QED) is 0.551. The molecule has 3 rings (SSSR count). The summed E-state index contributed by atoms with van der Waals surface area (Å²) < 4.78 is 26.9. The number of halogens is 2. The monoisotopic (exact) mass is 453 g/mol. The fraction of sp³-hybridized carbons (Fsp3) is 0.300. The van der Waals surface area contributed by atoms with Gasteiger partial charge in [0.15, 0.2) is 0 Å². The second-order valence-corrected chi connectivity index (χ2v) is 9.67. The maximum atomic E-state index is 12.7. The molecule has 154 valence electrons. The van der Waals surface area contributed by atoms with Gasteiger partial charge in [-0.15, -0.1) is 0 Å². The highest BCUT2D eigenvalue weighted by molar-refractivity contribution is 7.89.